The van der Waals surface area contributed by atoms with Gasteiger partial charge in [0, 0.05) is 12.3 Å². The quantitative estimate of drug-likeness (QED) is 0.563. The number of ether oxygens (including phenoxy) is 1. The maximum absolute atomic E-state index is 11.7. The van der Waals surface area contributed by atoms with E-state index in [1.807, 2.05) is 13.0 Å². The number of hydrogen-bond donors (Lipinski definition) is 1. The SMILES string of the molecule is CCC(C)OC(=O)C1(C(=O)O)CC1CC#N. The fourth-order valence-electron chi connectivity index (χ4n) is 1.66. The molecule has 0 bridgehead atoms. The second kappa shape index (κ2) is 4.52. The zero-order valence-corrected chi connectivity index (χ0v) is 9.40. The normalized spacial score (nSPS) is 28.9. The Hall–Kier alpha value is -1.57. The Bertz CT molecular complexity index is 346. The van der Waals surface area contributed by atoms with Crippen molar-refractivity contribution in [3.05, 3.63) is 0 Å². The number of carbonyl (C=O) groups is 2. The molecule has 0 amide bonds. The standard InChI is InChI=1S/C11H15NO4/c1-3-7(2)16-10(15)11(9(13)14)6-8(11)4-5-12/h7-8H,3-4,6H2,1-2H3,(H,13,14). The first kappa shape index (κ1) is 12.5. The van der Waals surface area contributed by atoms with Crippen molar-refractivity contribution >= 4 is 11.9 Å². The largest absolute Gasteiger partial charge is 0.480 e. The number of carbonyl (C=O) groups excluding carboxylic acids is 1. The summed E-state index contributed by atoms with van der Waals surface area (Å²) in [6.45, 7) is 3.57. The van der Waals surface area contributed by atoms with Crippen molar-refractivity contribution < 1.29 is 19.4 Å². The first-order valence-electron chi connectivity index (χ1n) is 5.30. The van der Waals surface area contributed by atoms with Gasteiger partial charge in [0.05, 0.1) is 12.2 Å². The van der Waals surface area contributed by atoms with Crippen LogP contribution in [-0.4, -0.2) is 23.1 Å². The Labute approximate surface area is 94.0 Å². The number of nitrogens with zero attached hydrogens (tertiary/aromatic N) is 1. The minimum Gasteiger partial charge on any atom is -0.480 e. The molecule has 0 spiro atoms. The molecule has 5 nitrogen and oxygen atoms in total. The van der Waals surface area contributed by atoms with Gasteiger partial charge in [-0.05, 0) is 19.8 Å². The highest BCUT2D eigenvalue weighted by Crippen LogP contribution is 2.55. The van der Waals surface area contributed by atoms with E-state index in [-0.39, 0.29) is 18.9 Å². The monoisotopic (exact) mass is 225 g/mol. The van der Waals surface area contributed by atoms with E-state index in [0.29, 0.717) is 6.42 Å². The number of carboxylic acids is 1. The predicted octanol–water partition coefficient (Wildman–Crippen LogP) is 1.33. The highest BCUT2D eigenvalue weighted by molar-refractivity contribution is 6.03. The maximum atomic E-state index is 11.7. The highest BCUT2D eigenvalue weighted by Gasteiger charge is 2.67. The Kier molecular flexibility index (Phi) is 3.53. The molecule has 5 heteroatoms. The smallest absolute Gasteiger partial charge is 0.324 e. The maximum Gasteiger partial charge on any atom is 0.324 e. The first-order valence-corrected chi connectivity index (χ1v) is 5.30. The van der Waals surface area contributed by atoms with Crippen LogP contribution >= 0.6 is 0 Å². The van der Waals surface area contributed by atoms with Gasteiger partial charge in [-0.3, -0.25) is 9.59 Å². The summed E-state index contributed by atoms with van der Waals surface area (Å²) in [6.07, 6.45) is 0.657. The molecule has 1 aliphatic rings. The number of esters is 1. The van der Waals surface area contributed by atoms with Crippen molar-refractivity contribution in [1.29, 1.82) is 5.26 Å². The van der Waals surface area contributed by atoms with Gasteiger partial charge in [-0.15, -0.1) is 0 Å². The Balaban J connectivity index is 2.71. The minimum atomic E-state index is -1.46. The molecule has 1 rings (SSSR count). The number of carboxylic acid groups (broad SMARTS) is 1. The lowest BCUT2D eigenvalue weighted by molar-refractivity contribution is -0.165. The van der Waals surface area contributed by atoms with Gasteiger partial charge in [0.15, 0.2) is 5.41 Å². The summed E-state index contributed by atoms with van der Waals surface area (Å²) in [5.74, 6) is -2.28. The molecule has 16 heavy (non-hydrogen) atoms. The van der Waals surface area contributed by atoms with Gasteiger partial charge in [-0.25, -0.2) is 0 Å². The van der Waals surface area contributed by atoms with Crippen LogP contribution in [0.15, 0.2) is 0 Å². The summed E-state index contributed by atoms with van der Waals surface area (Å²) in [4.78, 5) is 22.8. The van der Waals surface area contributed by atoms with Crippen molar-refractivity contribution in [3.63, 3.8) is 0 Å². The van der Waals surface area contributed by atoms with E-state index in [0.717, 1.165) is 0 Å². The van der Waals surface area contributed by atoms with Crippen LogP contribution in [0.1, 0.15) is 33.1 Å². The molecule has 1 saturated carbocycles. The zero-order chi connectivity index (χ0) is 12.3. The molecule has 1 N–H and O–H groups in total. The van der Waals surface area contributed by atoms with Crippen molar-refractivity contribution in [2.75, 3.05) is 0 Å². The van der Waals surface area contributed by atoms with E-state index in [1.54, 1.807) is 6.92 Å². The van der Waals surface area contributed by atoms with Crippen molar-refractivity contribution in [3.8, 4) is 6.07 Å². The van der Waals surface area contributed by atoms with Crippen LogP contribution in [0, 0.1) is 22.7 Å². The summed E-state index contributed by atoms with van der Waals surface area (Å²) < 4.78 is 5.04. The van der Waals surface area contributed by atoms with Crippen LogP contribution in [-0.2, 0) is 14.3 Å². The Morgan fingerprint density at radius 1 is 1.69 bits per heavy atom. The molecule has 3 unspecified atom stereocenters. The fraction of sp³-hybridized carbons (Fsp3) is 0.727. The Morgan fingerprint density at radius 2 is 2.31 bits per heavy atom. The van der Waals surface area contributed by atoms with Gasteiger partial charge < -0.3 is 9.84 Å². The molecular weight excluding hydrogens is 210 g/mol. The van der Waals surface area contributed by atoms with Crippen LogP contribution in [0.4, 0.5) is 0 Å². The fourth-order valence-corrected chi connectivity index (χ4v) is 1.66. The molecule has 0 radical (unpaired) electrons. The van der Waals surface area contributed by atoms with Crippen LogP contribution in [0.5, 0.6) is 0 Å². The molecule has 1 aliphatic carbocycles. The molecule has 0 heterocycles. The Morgan fingerprint density at radius 3 is 2.75 bits per heavy atom. The van der Waals surface area contributed by atoms with Crippen molar-refractivity contribution in [2.24, 2.45) is 11.3 Å². The third-order valence-electron chi connectivity index (χ3n) is 3.07. The lowest BCUT2D eigenvalue weighted by Crippen LogP contribution is -2.32. The molecule has 0 aromatic heterocycles. The van der Waals surface area contributed by atoms with Crippen molar-refractivity contribution in [1.82, 2.24) is 0 Å². The second-order valence-electron chi connectivity index (χ2n) is 4.16. The summed E-state index contributed by atoms with van der Waals surface area (Å²) in [5, 5.41) is 17.6. The molecule has 3 atom stereocenters. The van der Waals surface area contributed by atoms with Crippen LogP contribution in [0.2, 0.25) is 0 Å². The third kappa shape index (κ3) is 2.01. The number of rotatable bonds is 5. The third-order valence-corrected chi connectivity index (χ3v) is 3.07. The molecule has 0 aliphatic heterocycles. The van der Waals surface area contributed by atoms with E-state index >= 15 is 0 Å². The number of aliphatic carboxylic acids is 1. The van der Waals surface area contributed by atoms with E-state index in [1.165, 1.54) is 0 Å². The number of nitriles is 1. The molecule has 88 valence electrons. The first-order chi connectivity index (χ1) is 7.48. The molecular formula is C11H15NO4. The topological polar surface area (TPSA) is 87.4 Å². The van der Waals surface area contributed by atoms with Gasteiger partial charge in [-0.2, -0.15) is 5.26 Å². The van der Waals surface area contributed by atoms with Crippen LogP contribution in [0.25, 0.3) is 0 Å². The van der Waals surface area contributed by atoms with Crippen LogP contribution < -0.4 is 0 Å². The second-order valence-corrected chi connectivity index (χ2v) is 4.16. The van der Waals surface area contributed by atoms with E-state index in [9.17, 15) is 9.59 Å². The van der Waals surface area contributed by atoms with Gasteiger partial charge in [-0.1, -0.05) is 6.92 Å². The lowest BCUT2D eigenvalue weighted by atomic mass is 10.0. The van der Waals surface area contributed by atoms with E-state index in [4.69, 9.17) is 15.1 Å². The van der Waals surface area contributed by atoms with Gasteiger partial charge >= 0.3 is 11.9 Å². The van der Waals surface area contributed by atoms with Gasteiger partial charge in [0.25, 0.3) is 0 Å². The average molecular weight is 225 g/mol. The minimum absolute atomic E-state index is 0.0852. The van der Waals surface area contributed by atoms with E-state index < -0.39 is 23.3 Å². The zero-order valence-electron chi connectivity index (χ0n) is 9.40. The molecule has 0 aromatic carbocycles. The summed E-state index contributed by atoms with van der Waals surface area (Å²) in [6, 6.07) is 1.89. The van der Waals surface area contributed by atoms with Gasteiger partial charge in [0.2, 0.25) is 0 Å². The van der Waals surface area contributed by atoms with E-state index in [2.05, 4.69) is 0 Å². The van der Waals surface area contributed by atoms with Crippen molar-refractivity contribution in [2.45, 2.75) is 39.2 Å². The van der Waals surface area contributed by atoms with Gasteiger partial charge in [0.1, 0.15) is 0 Å². The highest BCUT2D eigenvalue weighted by atomic mass is 16.5. The molecule has 0 aromatic rings. The lowest BCUT2D eigenvalue weighted by Gasteiger charge is -2.15. The summed E-state index contributed by atoms with van der Waals surface area (Å²) in [5.41, 5.74) is -1.46. The molecule has 0 saturated heterocycles. The number of hydrogen-bond acceptors (Lipinski definition) is 4. The summed E-state index contributed by atoms with van der Waals surface area (Å²) in [7, 11) is 0. The average Bonchev–Trinajstić information content (AvgIpc) is 2.94. The van der Waals surface area contributed by atoms with Crippen LogP contribution in [0.3, 0.4) is 0 Å². The summed E-state index contributed by atoms with van der Waals surface area (Å²) >= 11 is 0. The predicted molar refractivity (Wildman–Crippen MR) is 54.3 cm³/mol. The molecule has 1 fully saturated rings.